The second-order valence-electron chi connectivity index (χ2n) is 3.84. The van der Waals surface area contributed by atoms with Crippen LogP contribution in [0.5, 0.6) is 0 Å². The topological polar surface area (TPSA) is 78.9 Å². The van der Waals surface area contributed by atoms with Gasteiger partial charge in [-0.2, -0.15) is 5.10 Å². The molecule has 0 radical (unpaired) electrons. The number of carboxylic acids is 1. The molecule has 6 heteroatoms. The molecule has 0 saturated carbocycles. The SMILES string of the molecule is CC1=NN(Cc2c(C(=O)O)noc2C)CC1. The normalized spacial score (nSPS) is 15.4. The highest BCUT2D eigenvalue weighted by Crippen LogP contribution is 2.18. The van der Waals surface area contributed by atoms with E-state index < -0.39 is 5.97 Å². The summed E-state index contributed by atoms with van der Waals surface area (Å²) in [6.45, 7) is 4.92. The summed E-state index contributed by atoms with van der Waals surface area (Å²) in [5.74, 6) is -0.524. The van der Waals surface area contributed by atoms with E-state index in [4.69, 9.17) is 9.63 Å². The number of aromatic carboxylic acids is 1. The third-order valence-electron chi connectivity index (χ3n) is 2.57. The number of aryl methyl sites for hydroxylation is 1. The Kier molecular flexibility index (Phi) is 2.64. The summed E-state index contributed by atoms with van der Waals surface area (Å²) in [5, 5.41) is 18.6. The van der Waals surface area contributed by atoms with Crippen LogP contribution in [0.4, 0.5) is 0 Å². The van der Waals surface area contributed by atoms with Crippen molar-refractivity contribution in [3.8, 4) is 0 Å². The predicted octanol–water partition coefficient (Wildman–Crippen LogP) is 1.26. The molecule has 0 amide bonds. The number of carboxylic acid groups (broad SMARTS) is 1. The molecule has 0 fully saturated rings. The van der Waals surface area contributed by atoms with Gasteiger partial charge in [-0.15, -0.1) is 0 Å². The number of rotatable bonds is 3. The van der Waals surface area contributed by atoms with Crippen LogP contribution in [0, 0.1) is 6.92 Å². The van der Waals surface area contributed by atoms with Crippen LogP contribution in [-0.4, -0.2) is 33.5 Å². The number of hydrazone groups is 1. The maximum Gasteiger partial charge on any atom is 0.358 e. The van der Waals surface area contributed by atoms with Gasteiger partial charge in [0.1, 0.15) is 5.76 Å². The van der Waals surface area contributed by atoms with Crippen LogP contribution >= 0.6 is 0 Å². The van der Waals surface area contributed by atoms with Crippen molar-refractivity contribution in [3.63, 3.8) is 0 Å². The Bertz CT molecular complexity index is 450. The Hall–Kier alpha value is -1.85. The van der Waals surface area contributed by atoms with Crippen molar-refractivity contribution >= 4 is 11.7 Å². The van der Waals surface area contributed by atoms with E-state index in [1.807, 2.05) is 11.9 Å². The average molecular weight is 223 g/mol. The fourth-order valence-corrected chi connectivity index (χ4v) is 1.67. The highest BCUT2D eigenvalue weighted by molar-refractivity contribution is 5.87. The quantitative estimate of drug-likeness (QED) is 0.834. The minimum atomic E-state index is -1.06. The molecule has 0 spiro atoms. The van der Waals surface area contributed by atoms with Gasteiger partial charge < -0.3 is 9.63 Å². The molecule has 0 aliphatic carbocycles. The van der Waals surface area contributed by atoms with Crippen LogP contribution in [0.1, 0.15) is 35.2 Å². The fraction of sp³-hybridized carbons (Fsp3) is 0.500. The predicted molar refractivity (Wildman–Crippen MR) is 56.3 cm³/mol. The van der Waals surface area contributed by atoms with Gasteiger partial charge in [-0.05, 0) is 13.8 Å². The molecule has 1 N–H and O–H groups in total. The molecule has 0 aromatic carbocycles. The summed E-state index contributed by atoms with van der Waals surface area (Å²) in [5.41, 5.74) is 1.65. The van der Waals surface area contributed by atoms with Crippen molar-refractivity contribution in [2.45, 2.75) is 26.8 Å². The first-order valence-electron chi connectivity index (χ1n) is 5.05. The maximum absolute atomic E-state index is 10.9. The lowest BCUT2D eigenvalue weighted by Gasteiger charge is -2.12. The molecule has 1 aliphatic heterocycles. The zero-order valence-electron chi connectivity index (χ0n) is 9.23. The van der Waals surface area contributed by atoms with E-state index in [0.29, 0.717) is 17.9 Å². The number of aromatic nitrogens is 1. The number of carbonyl (C=O) groups is 1. The summed E-state index contributed by atoms with van der Waals surface area (Å²) >= 11 is 0. The molecule has 2 heterocycles. The van der Waals surface area contributed by atoms with Crippen molar-refractivity contribution in [1.29, 1.82) is 0 Å². The van der Waals surface area contributed by atoms with E-state index in [-0.39, 0.29) is 5.69 Å². The van der Waals surface area contributed by atoms with Gasteiger partial charge in [0.2, 0.25) is 0 Å². The Morgan fingerprint density at radius 1 is 1.56 bits per heavy atom. The summed E-state index contributed by atoms with van der Waals surface area (Å²) in [6, 6.07) is 0. The van der Waals surface area contributed by atoms with Crippen molar-refractivity contribution < 1.29 is 14.4 Å². The van der Waals surface area contributed by atoms with Gasteiger partial charge in [0.05, 0.1) is 12.1 Å². The molecular weight excluding hydrogens is 210 g/mol. The van der Waals surface area contributed by atoms with Gasteiger partial charge in [0, 0.05) is 18.7 Å². The van der Waals surface area contributed by atoms with Crippen LogP contribution in [0.25, 0.3) is 0 Å². The minimum Gasteiger partial charge on any atom is -0.476 e. The molecule has 0 unspecified atom stereocenters. The minimum absolute atomic E-state index is 0.0164. The van der Waals surface area contributed by atoms with Crippen LogP contribution in [0.3, 0.4) is 0 Å². The molecule has 1 aromatic heterocycles. The lowest BCUT2D eigenvalue weighted by atomic mass is 10.2. The highest BCUT2D eigenvalue weighted by Gasteiger charge is 2.22. The third-order valence-corrected chi connectivity index (χ3v) is 2.57. The molecule has 1 aliphatic rings. The molecule has 0 atom stereocenters. The van der Waals surface area contributed by atoms with E-state index >= 15 is 0 Å². The molecule has 2 rings (SSSR count). The first-order valence-corrected chi connectivity index (χ1v) is 5.05. The third kappa shape index (κ3) is 1.91. The largest absolute Gasteiger partial charge is 0.476 e. The van der Waals surface area contributed by atoms with E-state index in [0.717, 1.165) is 18.7 Å². The maximum atomic E-state index is 10.9. The Morgan fingerprint density at radius 2 is 2.31 bits per heavy atom. The van der Waals surface area contributed by atoms with Crippen molar-refractivity contribution in [2.75, 3.05) is 6.54 Å². The number of hydrogen-bond donors (Lipinski definition) is 1. The summed E-state index contributed by atoms with van der Waals surface area (Å²) in [4.78, 5) is 10.9. The van der Waals surface area contributed by atoms with Gasteiger partial charge >= 0.3 is 5.97 Å². The lowest BCUT2D eigenvalue weighted by Crippen LogP contribution is -2.16. The Labute approximate surface area is 92.5 Å². The second-order valence-corrected chi connectivity index (χ2v) is 3.84. The van der Waals surface area contributed by atoms with Crippen molar-refractivity contribution in [3.05, 3.63) is 17.0 Å². The van der Waals surface area contributed by atoms with E-state index in [9.17, 15) is 4.79 Å². The molecule has 16 heavy (non-hydrogen) atoms. The van der Waals surface area contributed by atoms with Gasteiger partial charge in [0.15, 0.2) is 5.69 Å². The lowest BCUT2D eigenvalue weighted by molar-refractivity contribution is 0.0683. The number of nitrogens with zero attached hydrogens (tertiary/aromatic N) is 3. The van der Waals surface area contributed by atoms with Crippen molar-refractivity contribution in [2.24, 2.45) is 5.10 Å². The molecule has 0 bridgehead atoms. The summed E-state index contributed by atoms with van der Waals surface area (Å²) in [6.07, 6.45) is 0.923. The van der Waals surface area contributed by atoms with E-state index in [2.05, 4.69) is 10.3 Å². The van der Waals surface area contributed by atoms with Crippen LogP contribution in [-0.2, 0) is 6.54 Å². The molecular formula is C10H13N3O3. The van der Waals surface area contributed by atoms with Gasteiger partial charge in [0.25, 0.3) is 0 Å². The van der Waals surface area contributed by atoms with E-state index in [1.165, 1.54) is 0 Å². The van der Waals surface area contributed by atoms with E-state index in [1.54, 1.807) is 6.92 Å². The van der Waals surface area contributed by atoms with Crippen molar-refractivity contribution in [1.82, 2.24) is 10.2 Å². The zero-order chi connectivity index (χ0) is 11.7. The molecule has 86 valence electrons. The monoisotopic (exact) mass is 223 g/mol. The molecule has 1 aromatic rings. The van der Waals surface area contributed by atoms with Crippen LogP contribution in [0.2, 0.25) is 0 Å². The first kappa shape index (κ1) is 10.7. The fourth-order valence-electron chi connectivity index (χ4n) is 1.67. The standard InChI is InChI=1S/C10H13N3O3/c1-6-3-4-13(11-6)5-8-7(2)16-12-9(8)10(14)15/h3-5H2,1-2H3,(H,14,15). The van der Waals surface area contributed by atoms with Gasteiger partial charge in [-0.3, -0.25) is 5.01 Å². The Balaban J connectivity index is 2.20. The second kappa shape index (κ2) is 3.96. The summed E-state index contributed by atoms with van der Waals surface area (Å²) in [7, 11) is 0. The van der Waals surface area contributed by atoms with Gasteiger partial charge in [-0.25, -0.2) is 4.79 Å². The van der Waals surface area contributed by atoms with Gasteiger partial charge in [-0.1, -0.05) is 5.16 Å². The Morgan fingerprint density at radius 3 is 2.88 bits per heavy atom. The first-order chi connectivity index (χ1) is 7.58. The van der Waals surface area contributed by atoms with Crippen LogP contribution < -0.4 is 0 Å². The summed E-state index contributed by atoms with van der Waals surface area (Å²) < 4.78 is 4.89. The number of hydrogen-bond acceptors (Lipinski definition) is 5. The molecule has 6 nitrogen and oxygen atoms in total. The zero-order valence-corrected chi connectivity index (χ0v) is 9.23. The highest BCUT2D eigenvalue weighted by atomic mass is 16.5. The average Bonchev–Trinajstić information content (AvgIpc) is 2.76. The van der Waals surface area contributed by atoms with Crippen LogP contribution in [0.15, 0.2) is 9.62 Å². The smallest absolute Gasteiger partial charge is 0.358 e. The molecule has 0 saturated heterocycles.